The van der Waals surface area contributed by atoms with Gasteiger partial charge in [-0.3, -0.25) is 4.79 Å². The molecular formula is C13H15NO2S2. The fourth-order valence-corrected chi connectivity index (χ4v) is 3.23. The van der Waals surface area contributed by atoms with Gasteiger partial charge in [0.25, 0.3) is 0 Å². The average molecular weight is 281 g/mol. The summed E-state index contributed by atoms with van der Waals surface area (Å²) in [5.74, 6) is 0.151. The predicted octanol–water partition coefficient (Wildman–Crippen LogP) is 3.73. The van der Waals surface area contributed by atoms with E-state index >= 15 is 0 Å². The molecule has 3 nitrogen and oxygen atoms in total. The molecule has 0 saturated heterocycles. The van der Waals surface area contributed by atoms with Crippen molar-refractivity contribution in [2.75, 3.05) is 5.75 Å². The molecule has 1 aromatic heterocycles. The highest BCUT2D eigenvalue weighted by molar-refractivity contribution is 8.01. The van der Waals surface area contributed by atoms with Gasteiger partial charge in [0, 0.05) is 0 Å². The van der Waals surface area contributed by atoms with E-state index in [9.17, 15) is 4.79 Å². The Morgan fingerprint density at radius 3 is 3.00 bits per heavy atom. The Balaban J connectivity index is 1.92. The Morgan fingerprint density at radius 2 is 2.28 bits per heavy atom. The molecule has 0 aliphatic heterocycles. The van der Waals surface area contributed by atoms with Crippen molar-refractivity contribution >= 4 is 39.3 Å². The molecule has 0 amide bonds. The first-order valence-electron chi connectivity index (χ1n) is 5.87. The Morgan fingerprint density at radius 1 is 1.50 bits per heavy atom. The van der Waals surface area contributed by atoms with Crippen molar-refractivity contribution in [3.8, 4) is 0 Å². The molecule has 0 saturated carbocycles. The van der Waals surface area contributed by atoms with Crippen molar-refractivity contribution in [2.24, 2.45) is 0 Å². The third-order valence-electron chi connectivity index (χ3n) is 2.50. The molecule has 0 radical (unpaired) electrons. The highest BCUT2D eigenvalue weighted by Crippen LogP contribution is 2.29. The van der Waals surface area contributed by atoms with Crippen molar-refractivity contribution in [1.82, 2.24) is 4.98 Å². The summed E-state index contributed by atoms with van der Waals surface area (Å²) >= 11 is 3.05. The molecule has 0 unspecified atom stereocenters. The number of nitrogens with zero attached hydrogens (tertiary/aromatic N) is 1. The van der Waals surface area contributed by atoms with E-state index in [1.165, 1.54) is 11.8 Å². The average Bonchev–Trinajstić information content (AvgIpc) is 2.79. The number of hydrogen-bond donors (Lipinski definition) is 0. The number of thiazole rings is 1. The lowest BCUT2D eigenvalue weighted by molar-refractivity contribution is -0.144. The van der Waals surface area contributed by atoms with Crippen molar-refractivity contribution in [3.63, 3.8) is 0 Å². The zero-order valence-electron chi connectivity index (χ0n) is 10.4. The van der Waals surface area contributed by atoms with Gasteiger partial charge in [0.15, 0.2) is 4.34 Å². The largest absolute Gasteiger partial charge is 0.462 e. The molecule has 5 heteroatoms. The van der Waals surface area contributed by atoms with Gasteiger partial charge in [0.2, 0.25) is 0 Å². The Hall–Kier alpha value is -1.07. The lowest BCUT2D eigenvalue weighted by Gasteiger charge is -2.09. The van der Waals surface area contributed by atoms with Gasteiger partial charge in [-0.15, -0.1) is 11.3 Å². The summed E-state index contributed by atoms with van der Waals surface area (Å²) in [6.07, 6.45) is 0.839. The summed E-state index contributed by atoms with van der Waals surface area (Å²) in [4.78, 5) is 16.0. The minimum atomic E-state index is -0.173. The van der Waals surface area contributed by atoms with Crippen LogP contribution in [0.25, 0.3) is 10.2 Å². The molecule has 96 valence electrons. The molecule has 0 aliphatic carbocycles. The van der Waals surface area contributed by atoms with Gasteiger partial charge < -0.3 is 4.74 Å². The number of hydrogen-bond acceptors (Lipinski definition) is 5. The summed E-state index contributed by atoms with van der Waals surface area (Å²) in [6, 6.07) is 7.97. The Labute approximate surface area is 115 Å². The van der Waals surface area contributed by atoms with Crippen LogP contribution in [0.1, 0.15) is 20.3 Å². The molecule has 0 fully saturated rings. The monoisotopic (exact) mass is 281 g/mol. The van der Waals surface area contributed by atoms with Crippen molar-refractivity contribution in [1.29, 1.82) is 0 Å². The van der Waals surface area contributed by atoms with Crippen LogP contribution in [0.5, 0.6) is 0 Å². The number of carbonyl (C=O) groups excluding carboxylic acids is 1. The van der Waals surface area contributed by atoms with Crippen molar-refractivity contribution in [3.05, 3.63) is 24.3 Å². The van der Waals surface area contributed by atoms with E-state index in [0.717, 1.165) is 21.0 Å². The standard InChI is InChI=1S/C13H15NO2S2/c1-3-9(2)16-12(15)8-17-13-14-10-6-4-5-7-11(10)18-13/h4-7,9H,3,8H2,1-2H3/t9-/m0/s1. The van der Waals surface area contributed by atoms with E-state index in [0.29, 0.717) is 5.75 Å². The molecule has 1 atom stereocenters. The van der Waals surface area contributed by atoms with Crippen LogP contribution in [-0.2, 0) is 9.53 Å². The molecule has 18 heavy (non-hydrogen) atoms. The van der Waals surface area contributed by atoms with Crippen LogP contribution < -0.4 is 0 Å². The predicted molar refractivity (Wildman–Crippen MR) is 76.2 cm³/mol. The van der Waals surface area contributed by atoms with Gasteiger partial charge in [-0.2, -0.15) is 0 Å². The molecule has 1 heterocycles. The zero-order chi connectivity index (χ0) is 13.0. The van der Waals surface area contributed by atoms with E-state index in [4.69, 9.17) is 4.74 Å². The number of fused-ring (bicyclic) bond motifs is 1. The molecule has 2 rings (SSSR count). The Bertz CT molecular complexity index is 506. The number of thioether (sulfide) groups is 1. The molecule has 1 aromatic carbocycles. The number of esters is 1. The molecule has 2 aromatic rings. The summed E-state index contributed by atoms with van der Waals surface area (Å²) in [6.45, 7) is 3.90. The lowest BCUT2D eigenvalue weighted by atomic mass is 10.3. The second-order valence-corrected chi connectivity index (χ2v) is 6.20. The van der Waals surface area contributed by atoms with E-state index < -0.39 is 0 Å². The number of para-hydroxylation sites is 1. The molecular weight excluding hydrogens is 266 g/mol. The van der Waals surface area contributed by atoms with Crippen LogP contribution in [0.15, 0.2) is 28.6 Å². The summed E-state index contributed by atoms with van der Waals surface area (Å²) in [5, 5.41) is 0. The van der Waals surface area contributed by atoms with E-state index in [1.807, 2.05) is 38.1 Å². The third kappa shape index (κ3) is 3.46. The van der Waals surface area contributed by atoms with Crippen LogP contribution >= 0.6 is 23.1 Å². The smallest absolute Gasteiger partial charge is 0.316 e. The SMILES string of the molecule is CC[C@H](C)OC(=O)CSc1nc2ccccc2s1. The highest BCUT2D eigenvalue weighted by Gasteiger charge is 2.10. The number of carbonyl (C=O) groups is 1. The number of aromatic nitrogens is 1. The van der Waals surface area contributed by atoms with Gasteiger partial charge in [0.1, 0.15) is 0 Å². The normalized spacial score (nSPS) is 12.6. The fraction of sp³-hybridized carbons (Fsp3) is 0.385. The van der Waals surface area contributed by atoms with Gasteiger partial charge >= 0.3 is 5.97 Å². The number of rotatable bonds is 5. The van der Waals surface area contributed by atoms with Crippen molar-refractivity contribution < 1.29 is 9.53 Å². The van der Waals surface area contributed by atoms with E-state index in [-0.39, 0.29) is 12.1 Å². The van der Waals surface area contributed by atoms with Gasteiger partial charge in [-0.25, -0.2) is 4.98 Å². The maximum atomic E-state index is 11.5. The number of ether oxygens (including phenoxy) is 1. The quantitative estimate of drug-likeness (QED) is 0.618. The van der Waals surface area contributed by atoms with Gasteiger partial charge in [-0.1, -0.05) is 30.8 Å². The van der Waals surface area contributed by atoms with Crippen LogP contribution in [0, 0.1) is 0 Å². The highest BCUT2D eigenvalue weighted by atomic mass is 32.2. The minimum absolute atomic E-state index is 0.00605. The first-order valence-corrected chi connectivity index (χ1v) is 7.67. The van der Waals surface area contributed by atoms with Crippen LogP contribution in [0.4, 0.5) is 0 Å². The maximum Gasteiger partial charge on any atom is 0.316 e. The van der Waals surface area contributed by atoms with Crippen molar-refractivity contribution in [2.45, 2.75) is 30.7 Å². The molecule has 0 bridgehead atoms. The lowest BCUT2D eigenvalue weighted by Crippen LogP contribution is -2.15. The zero-order valence-corrected chi connectivity index (χ0v) is 12.0. The van der Waals surface area contributed by atoms with Crippen LogP contribution in [0.3, 0.4) is 0 Å². The summed E-state index contributed by atoms with van der Waals surface area (Å²) in [5.41, 5.74) is 0.986. The molecule has 0 aliphatic rings. The first kappa shape index (κ1) is 13.4. The third-order valence-corrected chi connectivity index (χ3v) is 4.65. The summed E-state index contributed by atoms with van der Waals surface area (Å²) < 4.78 is 7.27. The molecule has 0 N–H and O–H groups in total. The topological polar surface area (TPSA) is 39.2 Å². The van der Waals surface area contributed by atoms with Crippen LogP contribution in [-0.4, -0.2) is 22.8 Å². The van der Waals surface area contributed by atoms with Gasteiger partial charge in [0.05, 0.1) is 22.1 Å². The Kier molecular flexibility index (Phi) is 4.60. The second-order valence-electron chi connectivity index (χ2n) is 3.94. The second kappa shape index (κ2) is 6.20. The first-order chi connectivity index (χ1) is 8.69. The summed E-state index contributed by atoms with van der Waals surface area (Å²) in [7, 11) is 0. The van der Waals surface area contributed by atoms with E-state index in [1.54, 1.807) is 11.3 Å². The maximum absolute atomic E-state index is 11.5. The van der Waals surface area contributed by atoms with Gasteiger partial charge in [-0.05, 0) is 25.5 Å². The van der Waals surface area contributed by atoms with Crippen LogP contribution in [0.2, 0.25) is 0 Å². The minimum Gasteiger partial charge on any atom is -0.462 e. The fourth-order valence-electron chi connectivity index (χ4n) is 1.38. The van der Waals surface area contributed by atoms with E-state index in [2.05, 4.69) is 4.98 Å². The molecule has 0 spiro atoms. The number of benzene rings is 1.